The van der Waals surface area contributed by atoms with Crippen LogP contribution < -0.4 is 5.32 Å². The Labute approximate surface area is 181 Å². The number of rotatable bonds is 4. The van der Waals surface area contributed by atoms with Crippen LogP contribution in [-0.2, 0) is 17.8 Å². The molecule has 2 aromatic rings. The van der Waals surface area contributed by atoms with Crippen LogP contribution in [0.5, 0.6) is 0 Å². The molecule has 4 nitrogen and oxygen atoms in total. The molecular formula is C26H37N3O. The molecular weight excluding hydrogens is 370 g/mol. The van der Waals surface area contributed by atoms with Gasteiger partial charge in [0.1, 0.15) is 0 Å². The lowest BCUT2D eigenvalue weighted by atomic mass is 9.72. The largest absolute Gasteiger partial charge is 0.353 e. The Bertz CT molecular complexity index is 908. The minimum atomic E-state index is 0.106. The van der Waals surface area contributed by atoms with Crippen LogP contribution in [0, 0.1) is 5.92 Å². The number of carbonyl (C=O) groups is 1. The molecule has 0 spiro atoms. The Morgan fingerprint density at radius 2 is 1.97 bits per heavy atom. The van der Waals surface area contributed by atoms with E-state index < -0.39 is 0 Å². The standard InChI is InChI=1S/C26H37N3O/c1-3-13-29-17-18-15-24-22(21-11-8-12-23(29)25(18)21)14-19(16-28(24)2)26(30)27-20-9-6-4-5-7-10-20/h8,11-12,17,19-20,22,24H,3-7,9-10,13-16H2,1-2H3,(H,27,30)/t19-,22-,24-/m1/s1. The number of hydrogen-bond donors (Lipinski definition) is 1. The van der Waals surface area contributed by atoms with Crippen molar-refractivity contribution < 1.29 is 4.79 Å². The molecule has 0 unspecified atom stereocenters. The van der Waals surface area contributed by atoms with Crippen LogP contribution in [-0.4, -0.2) is 41.1 Å². The number of aromatic nitrogens is 1. The van der Waals surface area contributed by atoms with Gasteiger partial charge in [0.15, 0.2) is 0 Å². The molecule has 162 valence electrons. The second kappa shape index (κ2) is 8.37. The monoisotopic (exact) mass is 407 g/mol. The topological polar surface area (TPSA) is 37.3 Å². The number of nitrogens with one attached hydrogen (secondary N) is 1. The van der Waals surface area contributed by atoms with E-state index in [9.17, 15) is 4.79 Å². The van der Waals surface area contributed by atoms with E-state index in [2.05, 4.69) is 53.2 Å². The Morgan fingerprint density at radius 3 is 2.73 bits per heavy atom. The van der Waals surface area contributed by atoms with Gasteiger partial charge in [0.25, 0.3) is 0 Å². The number of benzene rings is 1. The van der Waals surface area contributed by atoms with Crippen LogP contribution in [0.2, 0.25) is 0 Å². The number of likely N-dealkylation sites (N-methyl/N-ethyl adjacent to an activating group) is 1. The summed E-state index contributed by atoms with van der Waals surface area (Å²) in [6, 6.07) is 7.75. The lowest BCUT2D eigenvalue weighted by Gasteiger charge is -2.45. The highest BCUT2D eigenvalue weighted by Gasteiger charge is 2.41. The first-order valence-corrected chi connectivity index (χ1v) is 12.3. The minimum Gasteiger partial charge on any atom is -0.353 e. The Kier molecular flexibility index (Phi) is 5.61. The second-order valence-corrected chi connectivity index (χ2v) is 10.0. The van der Waals surface area contributed by atoms with Crippen LogP contribution in [0.25, 0.3) is 10.9 Å². The average molecular weight is 408 g/mol. The third-order valence-corrected chi connectivity index (χ3v) is 7.96. The van der Waals surface area contributed by atoms with E-state index in [0.717, 1.165) is 45.2 Å². The third-order valence-electron chi connectivity index (χ3n) is 7.96. The number of likely N-dealkylation sites (tertiary alicyclic amines) is 1. The van der Waals surface area contributed by atoms with Crippen molar-refractivity contribution in [3.63, 3.8) is 0 Å². The molecule has 4 heteroatoms. The predicted octanol–water partition coefficient (Wildman–Crippen LogP) is 4.85. The first-order chi connectivity index (χ1) is 14.7. The lowest BCUT2D eigenvalue weighted by molar-refractivity contribution is -0.128. The van der Waals surface area contributed by atoms with Gasteiger partial charge in [0, 0.05) is 48.2 Å². The Balaban J connectivity index is 1.39. The zero-order valence-electron chi connectivity index (χ0n) is 18.7. The van der Waals surface area contributed by atoms with Gasteiger partial charge >= 0.3 is 0 Å². The number of hydrogen-bond acceptors (Lipinski definition) is 2. The van der Waals surface area contributed by atoms with Gasteiger partial charge in [0.05, 0.1) is 5.92 Å². The highest BCUT2D eigenvalue weighted by molar-refractivity contribution is 5.89. The highest BCUT2D eigenvalue weighted by Crippen LogP contribution is 2.45. The van der Waals surface area contributed by atoms with Crippen LogP contribution in [0.4, 0.5) is 0 Å². The van der Waals surface area contributed by atoms with E-state index in [0.29, 0.717) is 23.9 Å². The van der Waals surface area contributed by atoms with Crippen LogP contribution in [0.1, 0.15) is 75.3 Å². The number of amides is 1. The molecule has 1 N–H and O–H groups in total. The fourth-order valence-corrected chi connectivity index (χ4v) is 6.48. The summed E-state index contributed by atoms with van der Waals surface area (Å²) in [6.07, 6.45) is 13.2. The fourth-order valence-electron chi connectivity index (χ4n) is 6.48. The van der Waals surface area contributed by atoms with Gasteiger partial charge in [-0.15, -0.1) is 0 Å². The van der Waals surface area contributed by atoms with Gasteiger partial charge in [-0.3, -0.25) is 4.79 Å². The summed E-state index contributed by atoms with van der Waals surface area (Å²) in [5, 5.41) is 4.92. The molecule has 0 radical (unpaired) electrons. The second-order valence-electron chi connectivity index (χ2n) is 10.0. The summed E-state index contributed by atoms with van der Waals surface area (Å²) >= 11 is 0. The molecule has 1 saturated carbocycles. The van der Waals surface area contributed by atoms with E-state index in [-0.39, 0.29) is 5.92 Å². The molecule has 30 heavy (non-hydrogen) atoms. The first kappa shape index (κ1) is 20.1. The molecule has 1 saturated heterocycles. The van der Waals surface area contributed by atoms with Crippen molar-refractivity contribution in [1.82, 2.24) is 14.8 Å². The molecule has 2 heterocycles. The molecule has 5 rings (SSSR count). The van der Waals surface area contributed by atoms with Crippen molar-refractivity contribution in [3.05, 3.63) is 35.5 Å². The average Bonchev–Trinajstić information content (AvgIpc) is 2.91. The summed E-state index contributed by atoms with van der Waals surface area (Å²) in [4.78, 5) is 15.7. The highest BCUT2D eigenvalue weighted by atomic mass is 16.2. The van der Waals surface area contributed by atoms with E-state index >= 15 is 0 Å². The molecule has 1 aromatic heterocycles. The maximum Gasteiger partial charge on any atom is 0.224 e. The number of carbonyl (C=O) groups excluding carboxylic acids is 1. The summed E-state index contributed by atoms with van der Waals surface area (Å²) in [5.74, 6) is 0.866. The van der Waals surface area contributed by atoms with E-state index in [1.165, 1.54) is 47.7 Å². The van der Waals surface area contributed by atoms with E-state index in [4.69, 9.17) is 0 Å². The maximum absolute atomic E-state index is 13.2. The zero-order valence-corrected chi connectivity index (χ0v) is 18.7. The summed E-state index contributed by atoms with van der Waals surface area (Å²) in [6.45, 7) is 4.22. The number of aryl methyl sites for hydroxylation is 1. The molecule has 2 aliphatic carbocycles. The van der Waals surface area contributed by atoms with Gasteiger partial charge < -0.3 is 14.8 Å². The van der Waals surface area contributed by atoms with Crippen LogP contribution >= 0.6 is 0 Å². The van der Waals surface area contributed by atoms with Crippen molar-refractivity contribution in [2.24, 2.45) is 5.92 Å². The predicted molar refractivity (Wildman–Crippen MR) is 123 cm³/mol. The van der Waals surface area contributed by atoms with Crippen molar-refractivity contribution in [3.8, 4) is 0 Å². The first-order valence-electron chi connectivity index (χ1n) is 12.3. The summed E-state index contributed by atoms with van der Waals surface area (Å²) in [5.41, 5.74) is 4.37. The van der Waals surface area contributed by atoms with Gasteiger partial charge in [-0.1, -0.05) is 44.7 Å². The van der Waals surface area contributed by atoms with Crippen LogP contribution in [0.15, 0.2) is 24.4 Å². The fraction of sp³-hybridized carbons (Fsp3) is 0.654. The molecule has 2 fully saturated rings. The van der Waals surface area contributed by atoms with E-state index in [1.807, 2.05) is 0 Å². The summed E-state index contributed by atoms with van der Waals surface area (Å²) in [7, 11) is 2.23. The van der Waals surface area contributed by atoms with Gasteiger partial charge in [-0.25, -0.2) is 0 Å². The van der Waals surface area contributed by atoms with Crippen molar-refractivity contribution in [1.29, 1.82) is 0 Å². The number of nitrogens with zero attached hydrogens (tertiary/aromatic N) is 2. The van der Waals surface area contributed by atoms with Gasteiger partial charge in [-0.2, -0.15) is 0 Å². The van der Waals surface area contributed by atoms with E-state index in [1.54, 1.807) is 0 Å². The molecule has 3 atom stereocenters. The molecule has 1 amide bonds. The maximum atomic E-state index is 13.2. The molecule has 1 aromatic carbocycles. The SMILES string of the molecule is CCCn1cc2c3c(cccc31)[C@H]1C[C@@H](C(=O)NC3CCCCCC3)CN(C)[C@@H]1C2. The third kappa shape index (κ3) is 3.57. The number of fused-ring (bicyclic) bond motifs is 2. The molecule has 3 aliphatic rings. The zero-order chi connectivity index (χ0) is 20.7. The van der Waals surface area contributed by atoms with Crippen molar-refractivity contribution >= 4 is 16.8 Å². The minimum absolute atomic E-state index is 0.106. The smallest absolute Gasteiger partial charge is 0.224 e. The number of piperidine rings is 1. The van der Waals surface area contributed by atoms with Crippen molar-refractivity contribution in [2.75, 3.05) is 13.6 Å². The quantitative estimate of drug-likeness (QED) is 0.736. The normalized spacial score (nSPS) is 27.6. The van der Waals surface area contributed by atoms with Crippen molar-refractivity contribution in [2.45, 2.75) is 89.3 Å². The Morgan fingerprint density at radius 1 is 1.17 bits per heavy atom. The molecule has 1 aliphatic heterocycles. The van der Waals surface area contributed by atoms with Crippen LogP contribution in [0.3, 0.4) is 0 Å². The lowest BCUT2D eigenvalue weighted by Crippen LogP contribution is -2.52. The summed E-state index contributed by atoms with van der Waals surface area (Å²) < 4.78 is 2.45. The molecule has 0 bridgehead atoms. The Hall–Kier alpha value is -1.81. The van der Waals surface area contributed by atoms with Gasteiger partial charge in [-0.05, 0) is 56.3 Å². The van der Waals surface area contributed by atoms with Gasteiger partial charge in [0.2, 0.25) is 5.91 Å².